The van der Waals surface area contributed by atoms with Gasteiger partial charge < -0.3 is 10.6 Å². The van der Waals surface area contributed by atoms with E-state index < -0.39 is 15.5 Å². The van der Waals surface area contributed by atoms with E-state index in [9.17, 15) is 21.6 Å². The number of rotatable bonds is 5. The summed E-state index contributed by atoms with van der Waals surface area (Å²) in [4.78, 5) is 4.09. The van der Waals surface area contributed by atoms with Crippen LogP contribution in [0, 0.1) is 17.2 Å². The van der Waals surface area contributed by atoms with Gasteiger partial charge >= 0.3 is 15.5 Å². The van der Waals surface area contributed by atoms with Crippen LogP contribution in [0.5, 0.6) is 0 Å². The number of piperidine rings is 1. The molecule has 0 unspecified atom stereocenters. The Bertz CT molecular complexity index is 841. The highest BCUT2D eigenvalue weighted by molar-refractivity contribution is 7.90. The zero-order valence-electron chi connectivity index (χ0n) is 15.3. The second-order valence-electron chi connectivity index (χ2n) is 6.41. The average Bonchev–Trinajstić information content (AvgIpc) is 2.67. The van der Waals surface area contributed by atoms with Crippen LogP contribution >= 0.6 is 0 Å². The minimum atomic E-state index is -5.26. The van der Waals surface area contributed by atoms with Crippen molar-refractivity contribution in [2.45, 2.75) is 24.9 Å². The fraction of sp³-hybridized carbons (Fsp3) is 0.529. The normalized spacial score (nSPS) is 17.2. The first-order chi connectivity index (χ1) is 13.2. The molecule has 154 valence electrons. The smallest absolute Gasteiger partial charge is 0.356 e. The molecule has 11 heteroatoms. The molecule has 2 rings (SSSR count). The maximum Gasteiger partial charge on any atom is 0.511 e. The Balaban J connectivity index is 1.80. The first kappa shape index (κ1) is 22.0. The summed E-state index contributed by atoms with van der Waals surface area (Å²) in [5.74, 6) is 0.563. The highest BCUT2D eigenvalue weighted by Crippen LogP contribution is 2.30. The zero-order chi connectivity index (χ0) is 20.8. The van der Waals surface area contributed by atoms with Gasteiger partial charge in [0.1, 0.15) is 0 Å². The number of benzene rings is 1. The molecule has 1 aromatic rings. The van der Waals surface area contributed by atoms with E-state index in [1.807, 2.05) is 6.07 Å². The highest BCUT2D eigenvalue weighted by Gasteiger charge is 2.50. The summed E-state index contributed by atoms with van der Waals surface area (Å²) in [5, 5.41) is 15.1. The van der Waals surface area contributed by atoms with E-state index in [1.54, 1.807) is 25.2 Å². The predicted octanol–water partition coefficient (Wildman–Crippen LogP) is 1.78. The number of hydrogen-bond donors (Lipinski definition) is 2. The molecule has 1 aliphatic rings. The Labute approximate surface area is 162 Å². The van der Waals surface area contributed by atoms with Crippen LogP contribution in [0.25, 0.3) is 0 Å². The Morgan fingerprint density at radius 3 is 2.57 bits per heavy atom. The number of nitrogens with zero attached hydrogens (tertiary/aromatic N) is 3. The van der Waals surface area contributed by atoms with Crippen LogP contribution in [0.3, 0.4) is 0 Å². The lowest BCUT2D eigenvalue weighted by molar-refractivity contribution is -0.0496. The largest absolute Gasteiger partial charge is 0.511 e. The summed E-state index contributed by atoms with van der Waals surface area (Å²) >= 11 is 0. The fourth-order valence-corrected chi connectivity index (χ4v) is 3.88. The molecule has 2 N–H and O–H groups in total. The number of aliphatic imine (C=N–C) groups is 1. The Morgan fingerprint density at radius 2 is 2.00 bits per heavy atom. The number of nitrogens with one attached hydrogen (secondary N) is 2. The predicted molar refractivity (Wildman–Crippen MR) is 98.6 cm³/mol. The maximum atomic E-state index is 12.6. The molecular weight excluding hydrogens is 395 g/mol. The van der Waals surface area contributed by atoms with E-state index in [4.69, 9.17) is 5.26 Å². The van der Waals surface area contributed by atoms with Gasteiger partial charge in [-0.2, -0.15) is 22.7 Å². The first-order valence-electron chi connectivity index (χ1n) is 8.67. The lowest BCUT2D eigenvalue weighted by Gasteiger charge is -2.31. The Hall–Kier alpha value is -2.32. The van der Waals surface area contributed by atoms with E-state index in [1.165, 1.54) is 0 Å². The Morgan fingerprint density at radius 1 is 1.32 bits per heavy atom. The second kappa shape index (κ2) is 9.25. The van der Waals surface area contributed by atoms with Crippen molar-refractivity contribution >= 4 is 16.0 Å². The molecule has 1 heterocycles. The summed E-state index contributed by atoms with van der Waals surface area (Å²) in [5.41, 5.74) is -3.79. The number of guanidine groups is 1. The molecule has 0 atom stereocenters. The molecule has 28 heavy (non-hydrogen) atoms. The molecule has 1 aromatic carbocycles. The molecule has 7 nitrogen and oxygen atoms in total. The van der Waals surface area contributed by atoms with Crippen molar-refractivity contribution in [3.63, 3.8) is 0 Å². The van der Waals surface area contributed by atoms with Crippen molar-refractivity contribution in [1.82, 2.24) is 14.9 Å². The van der Waals surface area contributed by atoms with Crippen LogP contribution in [0.2, 0.25) is 0 Å². The van der Waals surface area contributed by atoms with Crippen molar-refractivity contribution in [1.29, 1.82) is 5.26 Å². The fourth-order valence-electron chi connectivity index (χ4n) is 2.90. The monoisotopic (exact) mass is 417 g/mol. The van der Waals surface area contributed by atoms with Gasteiger partial charge in [0.2, 0.25) is 0 Å². The molecule has 0 aliphatic carbocycles. The lowest BCUT2D eigenvalue weighted by atomic mass is 9.98. The first-order valence-corrected chi connectivity index (χ1v) is 10.1. The molecule has 1 fully saturated rings. The number of hydrogen-bond acceptors (Lipinski definition) is 4. The van der Waals surface area contributed by atoms with Gasteiger partial charge in [-0.3, -0.25) is 4.99 Å². The van der Waals surface area contributed by atoms with Crippen molar-refractivity contribution < 1.29 is 21.6 Å². The van der Waals surface area contributed by atoms with E-state index in [2.05, 4.69) is 21.7 Å². The standard InChI is InChI=1S/C17H22F3N5O2S/c1-22-16(24-12-15-4-2-3-14(9-15)10-21)23-11-13-5-7-25(8-6-13)28(26,27)17(18,19)20/h2-4,9,13H,5-8,11-12H2,1H3,(H2,22,23,24). The molecule has 0 bridgehead atoms. The van der Waals surface area contributed by atoms with Gasteiger partial charge in [0.25, 0.3) is 0 Å². The van der Waals surface area contributed by atoms with E-state index in [-0.39, 0.29) is 19.0 Å². The topological polar surface area (TPSA) is 97.6 Å². The van der Waals surface area contributed by atoms with E-state index in [0.717, 1.165) is 5.56 Å². The van der Waals surface area contributed by atoms with Crippen LogP contribution in [0.1, 0.15) is 24.0 Å². The van der Waals surface area contributed by atoms with Gasteiger partial charge in [0.05, 0.1) is 11.6 Å². The molecule has 0 spiro atoms. The summed E-state index contributed by atoms with van der Waals surface area (Å²) < 4.78 is 61.2. The van der Waals surface area contributed by atoms with Gasteiger partial charge in [0.15, 0.2) is 5.96 Å². The van der Waals surface area contributed by atoms with Crippen LogP contribution < -0.4 is 10.6 Å². The van der Waals surface area contributed by atoms with Crippen molar-refractivity contribution in [3.8, 4) is 6.07 Å². The third-order valence-electron chi connectivity index (χ3n) is 4.50. The van der Waals surface area contributed by atoms with Gasteiger partial charge in [0, 0.05) is 33.2 Å². The molecule has 1 saturated heterocycles. The molecule has 0 radical (unpaired) electrons. The number of alkyl halides is 3. The van der Waals surface area contributed by atoms with Gasteiger partial charge in [-0.15, -0.1) is 0 Å². The zero-order valence-corrected chi connectivity index (χ0v) is 16.1. The molecular formula is C17H22F3N5O2S. The third kappa shape index (κ3) is 5.59. The molecule has 0 amide bonds. The maximum absolute atomic E-state index is 12.6. The summed E-state index contributed by atoms with van der Waals surface area (Å²) in [6.07, 6.45) is 0.674. The van der Waals surface area contributed by atoms with Gasteiger partial charge in [-0.1, -0.05) is 12.1 Å². The minimum Gasteiger partial charge on any atom is -0.356 e. The van der Waals surface area contributed by atoms with Gasteiger partial charge in [-0.05, 0) is 36.5 Å². The summed E-state index contributed by atoms with van der Waals surface area (Å²) in [6.45, 7) is 0.623. The van der Waals surface area contributed by atoms with E-state index in [0.29, 0.717) is 41.8 Å². The molecule has 0 aromatic heterocycles. The minimum absolute atomic E-state index is 0.0418. The van der Waals surface area contributed by atoms with Crippen LogP contribution in [0.15, 0.2) is 29.3 Å². The summed E-state index contributed by atoms with van der Waals surface area (Å²) in [7, 11) is -3.65. The SMILES string of the molecule is CN=C(NCc1cccc(C#N)c1)NCC1CCN(S(=O)(=O)C(F)(F)F)CC1. The third-order valence-corrected chi connectivity index (χ3v) is 6.13. The number of halogens is 3. The van der Waals surface area contributed by atoms with Crippen molar-refractivity contribution in [2.75, 3.05) is 26.7 Å². The molecule has 1 aliphatic heterocycles. The van der Waals surface area contributed by atoms with E-state index >= 15 is 0 Å². The highest BCUT2D eigenvalue weighted by atomic mass is 32.2. The summed E-state index contributed by atoms with van der Waals surface area (Å²) in [6, 6.07) is 9.20. The average molecular weight is 417 g/mol. The molecule has 0 saturated carbocycles. The quantitative estimate of drug-likeness (QED) is 0.562. The number of sulfonamides is 1. The number of nitriles is 1. The van der Waals surface area contributed by atoms with Gasteiger partial charge in [-0.25, -0.2) is 8.42 Å². The van der Waals surface area contributed by atoms with Crippen LogP contribution in [0.4, 0.5) is 13.2 Å². The lowest BCUT2D eigenvalue weighted by Crippen LogP contribution is -2.47. The van der Waals surface area contributed by atoms with Crippen molar-refractivity contribution in [3.05, 3.63) is 35.4 Å². The second-order valence-corrected chi connectivity index (χ2v) is 8.34. The van der Waals surface area contributed by atoms with Crippen LogP contribution in [-0.2, 0) is 16.6 Å². The Kier molecular flexibility index (Phi) is 7.26. The van der Waals surface area contributed by atoms with Crippen molar-refractivity contribution in [2.24, 2.45) is 10.9 Å². The van der Waals surface area contributed by atoms with Crippen LogP contribution in [-0.4, -0.2) is 50.9 Å².